The highest BCUT2D eigenvalue weighted by atomic mass is 16.3. The fourth-order valence-corrected chi connectivity index (χ4v) is 5.87. The molecule has 4 N–H and O–H groups in total. The van der Waals surface area contributed by atoms with Gasteiger partial charge in [0.05, 0.1) is 29.3 Å². The quantitative estimate of drug-likeness (QED) is 0.347. The molecule has 0 spiro atoms. The number of aromatic amines is 1. The summed E-state index contributed by atoms with van der Waals surface area (Å²) in [5.74, 6) is 0.127. The molecular formula is C25H27N9O3. The van der Waals surface area contributed by atoms with Gasteiger partial charge >= 0.3 is 0 Å². The van der Waals surface area contributed by atoms with Gasteiger partial charge in [0.25, 0.3) is 5.91 Å². The van der Waals surface area contributed by atoms with Crippen LogP contribution in [0.1, 0.15) is 83.9 Å². The minimum atomic E-state index is -0.673. The summed E-state index contributed by atoms with van der Waals surface area (Å²) in [6, 6.07) is 3.65. The maximum absolute atomic E-state index is 13.1. The summed E-state index contributed by atoms with van der Waals surface area (Å²) in [5.41, 5.74) is 10.2. The molecule has 0 aromatic carbocycles. The second-order valence-corrected chi connectivity index (χ2v) is 9.86. The number of hydrogen-bond donors (Lipinski definition) is 3. The number of hydrogen-bond acceptors (Lipinski definition) is 9. The molecule has 37 heavy (non-hydrogen) atoms. The molecule has 1 amide bonds. The number of fused-ring (bicyclic) bond motifs is 3. The lowest BCUT2D eigenvalue weighted by Gasteiger charge is -2.38. The predicted octanol–water partition coefficient (Wildman–Crippen LogP) is 2.30. The topological polar surface area (TPSA) is 168 Å². The first-order valence-corrected chi connectivity index (χ1v) is 12.3. The zero-order valence-electron chi connectivity index (χ0n) is 20.5. The minimum absolute atomic E-state index is 0.0157. The number of carbonyl (C=O) groups excluding carboxylic acids is 2. The standard InChI is InChI=1S/C25H27N9O3/c1-12(35)19-6-3-14(9-27-19)18-10-30-34-22(26)20(13(2)36)21(31-24(18)34)15-7-16-4-5-17(8-15)33(16)25(37)23-28-11-29-32-23/h3,6,9-12,15-17,35H,4-5,7-8,26H2,1-2H3,(H,28,29,32)/t12-,15-,16-,17+/m0/s1. The number of aliphatic hydroxyl groups excluding tert-OH is 1. The van der Waals surface area contributed by atoms with E-state index in [0.717, 1.165) is 24.0 Å². The van der Waals surface area contributed by atoms with E-state index in [1.807, 2.05) is 11.0 Å². The third kappa shape index (κ3) is 3.75. The van der Waals surface area contributed by atoms with Crippen LogP contribution < -0.4 is 5.73 Å². The Morgan fingerprint density at radius 2 is 1.95 bits per heavy atom. The van der Waals surface area contributed by atoms with Crippen molar-refractivity contribution in [3.05, 3.63) is 53.6 Å². The Hall–Kier alpha value is -4.19. The van der Waals surface area contributed by atoms with E-state index < -0.39 is 6.10 Å². The predicted molar refractivity (Wildman–Crippen MR) is 133 cm³/mol. The van der Waals surface area contributed by atoms with E-state index in [1.165, 1.54) is 17.8 Å². The van der Waals surface area contributed by atoms with Gasteiger partial charge in [-0.2, -0.15) is 9.61 Å². The number of nitrogens with zero attached hydrogens (tertiary/aromatic N) is 7. The summed E-state index contributed by atoms with van der Waals surface area (Å²) in [6.07, 6.45) is 7.17. The van der Waals surface area contributed by atoms with Crippen molar-refractivity contribution in [3.63, 3.8) is 0 Å². The Morgan fingerprint density at radius 3 is 2.54 bits per heavy atom. The van der Waals surface area contributed by atoms with Crippen molar-refractivity contribution in [1.29, 1.82) is 0 Å². The molecule has 12 heteroatoms. The van der Waals surface area contributed by atoms with Crippen LogP contribution in [0.15, 0.2) is 30.9 Å². The Labute approximate surface area is 211 Å². The second-order valence-electron chi connectivity index (χ2n) is 9.86. The molecule has 190 valence electrons. The van der Waals surface area contributed by atoms with Gasteiger partial charge in [-0.3, -0.25) is 14.6 Å². The van der Waals surface area contributed by atoms with Gasteiger partial charge in [-0.1, -0.05) is 6.07 Å². The molecule has 0 unspecified atom stereocenters. The van der Waals surface area contributed by atoms with E-state index >= 15 is 0 Å². The molecule has 0 saturated carbocycles. The summed E-state index contributed by atoms with van der Waals surface area (Å²) in [7, 11) is 0. The average molecular weight is 502 g/mol. The number of nitrogen functional groups attached to an aromatic ring is 1. The Balaban J connectivity index is 1.40. The Morgan fingerprint density at radius 1 is 1.19 bits per heavy atom. The van der Waals surface area contributed by atoms with Crippen LogP contribution >= 0.6 is 0 Å². The van der Waals surface area contributed by atoms with Crippen molar-refractivity contribution in [2.45, 2.75) is 63.6 Å². The number of aromatic nitrogens is 7. The number of nitrogens with two attached hydrogens (primary N) is 1. The number of Topliss-reactive ketones (excluding diaryl/α,β-unsaturated/α-hetero) is 1. The number of ketones is 1. The van der Waals surface area contributed by atoms with E-state index in [4.69, 9.17) is 10.7 Å². The van der Waals surface area contributed by atoms with Crippen molar-refractivity contribution in [3.8, 4) is 11.1 Å². The van der Waals surface area contributed by atoms with Crippen molar-refractivity contribution in [1.82, 2.24) is 39.7 Å². The van der Waals surface area contributed by atoms with Crippen LogP contribution in [0.25, 0.3) is 16.8 Å². The zero-order valence-corrected chi connectivity index (χ0v) is 20.5. The molecule has 6 rings (SSSR count). The van der Waals surface area contributed by atoms with Crippen molar-refractivity contribution >= 4 is 23.2 Å². The number of H-pyrrole nitrogens is 1. The number of nitrogens with one attached hydrogen (secondary N) is 1. The van der Waals surface area contributed by atoms with E-state index in [2.05, 4.69) is 25.3 Å². The van der Waals surface area contributed by atoms with Crippen LogP contribution in [0, 0.1) is 0 Å². The lowest BCUT2D eigenvalue weighted by atomic mass is 9.85. The molecule has 2 bridgehead atoms. The van der Waals surface area contributed by atoms with Gasteiger partial charge in [0, 0.05) is 35.3 Å². The second kappa shape index (κ2) is 8.73. The highest BCUT2D eigenvalue weighted by Gasteiger charge is 2.45. The number of rotatable bonds is 5. The summed E-state index contributed by atoms with van der Waals surface area (Å²) >= 11 is 0. The fraction of sp³-hybridized carbons (Fsp3) is 0.400. The van der Waals surface area contributed by atoms with Gasteiger partial charge in [-0.25, -0.2) is 4.98 Å². The van der Waals surface area contributed by atoms with E-state index in [1.54, 1.807) is 25.4 Å². The maximum atomic E-state index is 13.1. The first-order chi connectivity index (χ1) is 17.8. The third-order valence-corrected chi connectivity index (χ3v) is 7.56. The largest absolute Gasteiger partial charge is 0.387 e. The number of amides is 1. The molecule has 2 fully saturated rings. The van der Waals surface area contributed by atoms with Gasteiger partial charge < -0.3 is 20.7 Å². The molecule has 2 aliphatic heterocycles. The number of anilines is 1. The Kier molecular flexibility index (Phi) is 5.48. The first kappa shape index (κ1) is 23.2. The molecular weight excluding hydrogens is 474 g/mol. The van der Waals surface area contributed by atoms with Gasteiger partial charge in [0.15, 0.2) is 11.4 Å². The first-order valence-electron chi connectivity index (χ1n) is 12.3. The van der Waals surface area contributed by atoms with E-state index in [0.29, 0.717) is 35.4 Å². The van der Waals surface area contributed by atoms with E-state index in [9.17, 15) is 14.7 Å². The van der Waals surface area contributed by atoms with E-state index in [-0.39, 0.29) is 41.3 Å². The van der Waals surface area contributed by atoms with Crippen LogP contribution in [0.5, 0.6) is 0 Å². The summed E-state index contributed by atoms with van der Waals surface area (Å²) < 4.78 is 1.50. The van der Waals surface area contributed by atoms with Crippen LogP contribution in [0.2, 0.25) is 0 Å². The monoisotopic (exact) mass is 501 g/mol. The van der Waals surface area contributed by atoms with Crippen molar-refractivity contribution in [2.24, 2.45) is 0 Å². The van der Waals surface area contributed by atoms with Crippen LogP contribution in [-0.2, 0) is 0 Å². The highest BCUT2D eigenvalue weighted by molar-refractivity contribution is 6.00. The minimum Gasteiger partial charge on any atom is -0.387 e. The smallest absolute Gasteiger partial charge is 0.292 e. The van der Waals surface area contributed by atoms with Gasteiger partial charge in [0.1, 0.15) is 12.1 Å². The highest BCUT2D eigenvalue weighted by Crippen LogP contribution is 2.45. The maximum Gasteiger partial charge on any atom is 0.292 e. The van der Waals surface area contributed by atoms with Crippen LogP contribution in [0.3, 0.4) is 0 Å². The molecule has 2 saturated heterocycles. The van der Waals surface area contributed by atoms with Gasteiger partial charge in [-0.15, -0.1) is 10.2 Å². The molecule has 12 nitrogen and oxygen atoms in total. The molecule has 4 aromatic rings. The summed E-state index contributed by atoms with van der Waals surface area (Å²) in [6.45, 7) is 3.15. The van der Waals surface area contributed by atoms with Gasteiger partial charge in [-0.05, 0) is 45.6 Å². The SMILES string of the molecule is CC(=O)c1c([C@@H]2C[C@H]3CC[C@@H](C2)N3C(=O)c2nnc[nH]2)nc2c(-c3ccc([C@H](C)O)nc3)cnn2c1N. The average Bonchev–Trinajstić information content (AvgIpc) is 3.62. The molecule has 0 aliphatic carbocycles. The summed E-state index contributed by atoms with van der Waals surface area (Å²) in [5, 5.41) is 21.9. The normalized spacial score (nSPS) is 21.9. The van der Waals surface area contributed by atoms with Crippen LogP contribution in [0.4, 0.5) is 5.82 Å². The lowest BCUT2D eigenvalue weighted by Crippen LogP contribution is -2.46. The molecule has 4 atom stereocenters. The molecule has 2 aliphatic rings. The zero-order chi connectivity index (χ0) is 25.8. The van der Waals surface area contributed by atoms with Crippen molar-refractivity contribution in [2.75, 3.05) is 5.73 Å². The van der Waals surface area contributed by atoms with Crippen LogP contribution in [-0.4, -0.2) is 68.5 Å². The molecule has 6 heterocycles. The number of carbonyl (C=O) groups is 2. The molecule has 0 radical (unpaired) electrons. The van der Waals surface area contributed by atoms with Gasteiger partial charge in [0.2, 0.25) is 5.82 Å². The third-order valence-electron chi connectivity index (χ3n) is 7.56. The number of aliphatic hydroxyl groups is 1. The van der Waals surface area contributed by atoms with Crippen molar-refractivity contribution < 1.29 is 14.7 Å². The molecule has 4 aromatic heterocycles. The number of pyridine rings is 1. The number of piperidine rings is 1. The Bertz CT molecular complexity index is 1480. The lowest BCUT2D eigenvalue weighted by molar-refractivity contribution is 0.0556. The summed E-state index contributed by atoms with van der Waals surface area (Å²) in [4.78, 5) is 39.9. The fourth-order valence-electron chi connectivity index (χ4n) is 5.87.